The number of imidazole rings is 1. The Balaban J connectivity index is 0.000000211. The fourth-order valence-electron chi connectivity index (χ4n) is 0.405. The smallest absolute Gasteiger partial charge is 0.305 e. The molecule has 68 valence electrons. The van der Waals surface area contributed by atoms with Crippen molar-refractivity contribution in [3.63, 3.8) is 0 Å². The first-order chi connectivity index (χ1) is 5.77. The van der Waals surface area contributed by atoms with E-state index in [1.165, 1.54) is 7.11 Å². The van der Waals surface area contributed by atoms with E-state index in [1.807, 2.05) is 0 Å². The average molecular weight is 172 g/mol. The van der Waals surface area contributed by atoms with Crippen LogP contribution >= 0.6 is 0 Å². The van der Waals surface area contributed by atoms with Gasteiger partial charge in [0.2, 0.25) is 0 Å². The largest absolute Gasteiger partial charge is 0.481 e. The number of hydrogen-bond acceptors (Lipinski definition) is 3. The van der Waals surface area contributed by atoms with Crippen LogP contribution in [-0.4, -0.2) is 34.8 Å². The molecule has 1 rings (SSSR count). The lowest BCUT2D eigenvalue weighted by Gasteiger charge is -1.88. The quantitative estimate of drug-likeness (QED) is 0.696. The van der Waals surface area contributed by atoms with Crippen molar-refractivity contribution in [2.45, 2.75) is 6.42 Å². The van der Waals surface area contributed by atoms with Gasteiger partial charge in [0.15, 0.2) is 0 Å². The minimum absolute atomic E-state index is 0.0938. The summed E-state index contributed by atoms with van der Waals surface area (Å²) in [5.41, 5.74) is 0. The number of nitrogens with zero attached hydrogens (tertiary/aromatic N) is 1. The molecule has 0 bridgehead atoms. The van der Waals surface area contributed by atoms with E-state index in [1.54, 1.807) is 18.7 Å². The third-order valence-corrected chi connectivity index (χ3v) is 0.926. The van der Waals surface area contributed by atoms with Crippen LogP contribution < -0.4 is 0 Å². The predicted octanol–water partition coefficient (Wildman–Crippen LogP) is 0.517. The van der Waals surface area contributed by atoms with Crippen molar-refractivity contribution in [1.29, 1.82) is 0 Å². The molecule has 5 heteroatoms. The van der Waals surface area contributed by atoms with Gasteiger partial charge in [0.1, 0.15) is 0 Å². The molecule has 1 aromatic rings. The Morgan fingerprint density at radius 3 is 2.67 bits per heavy atom. The summed E-state index contributed by atoms with van der Waals surface area (Å²) in [6.45, 7) is 0.301. The lowest BCUT2D eigenvalue weighted by Crippen LogP contribution is -1.99. The Labute approximate surface area is 70.4 Å². The molecule has 0 radical (unpaired) electrons. The Morgan fingerprint density at radius 1 is 1.75 bits per heavy atom. The summed E-state index contributed by atoms with van der Waals surface area (Å²) in [5, 5.41) is 7.96. The number of methoxy groups -OCH3 is 1. The molecule has 12 heavy (non-hydrogen) atoms. The second-order valence-electron chi connectivity index (χ2n) is 1.90. The van der Waals surface area contributed by atoms with Crippen molar-refractivity contribution in [1.82, 2.24) is 9.97 Å². The molecule has 0 saturated heterocycles. The molecule has 0 saturated carbocycles. The maximum atomic E-state index is 9.68. The van der Waals surface area contributed by atoms with Crippen LogP contribution in [0.25, 0.3) is 0 Å². The zero-order valence-corrected chi connectivity index (χ0v) is 6.86. The molecule has 5 nitrogen and oxygen atoms in total. The Hall–Kier alpha value is -1.36. The van der Waals surface area contributed by atoms with Gasteiger partial charge in [-0.15, -0.1) is 0 Å². The van der Waals surface area contributed by atoms with E-state index in [2.05, 4.69) is 14.7 Å². The summed E-state index contributed by atoms with van der Waals surface area (Å²) in [6.07, 6.45) is 5.18. The minimum Gasteiger partial charge on any atom is -0.481 e. The molecule has 0 atom stereocenters. The summed E-state index contributed by atoms with van der Waals surface area (Å²) >= 11 is 0. The predicted molar refractivity (Wildman–Crippen MR) is 42.7 cm³/mol. The number of nitrogens with one attached hydrogen (secondary N) is 1. The summed E-state index contributed by atoms with van der Waals surface area (Å²) in [6, 6.07) is 0. The van der Waals surface area contributed by atoms with Gasteiger partial charge in [0.05, 0.1) is 19.4 Å². The number of hydrogen-bond donors (Lipinski definition) is 2. The van der Waals surface area contributed by atoms with E-state index in [0.29, 0.717) is 6.61 Å². The molecule has 0 aliphatic carbocycles. The molecule has 0 aliphatic heterocycles. The zero-order valence-electron chi connectivity index (χ0n) is 6.86. The normalized spacial score (nSPS) is 8.42. The minimum atomic E-state index is -0.818. The van der Waals surface area contributed by atoms with Crippen LogP contribution in [0.1, 0.15) is 6.42 Å². The Morgan fingerprint density at radius 2 is 2.50 bits per heavy atom. The monoisotopic (exact) mass is 172 g/mol. The van der Waals surface area contributed by atoms with Crippen LogP contribution in [0, 0.1) is 0 Å². The number of ether oxygens (including phenoxy) is 1. The Bertz CT molecular complexity index is 169. The van der Waals surface area contributed by atoms with Gasteiger partial charge in [-0.2, -0.15) is 0 Å². The van der Waals surface area contributed by atoms with Gasteiger partial charge in [-0.1, -0.05) is 0 Å². The van der Waals surface area contributed by atoms with Crippen molar-refractivity contribution in [2.24, 2.45) is 0 Å². The van der Waals surface area contributed by atoms with E-state index in [0.717, 1.165) is 0 Å². The van der Waals surface area contributed by atoms with Crippen molar-refractivity contribution >= 4 is 5.97 Å². The number of aromatic amines is 1. The highest BCUT2D eigenvalue weighted by Crippen LogP contribution is 1.76. The summed E-state index contributed by atoms with van der Waals surface area (Å²) < 4.78 is 4.47. The molecule has 0 fully saturated rings. The molecule has 0 amide bonds. The lowest BCUT2D eigenvalue weighted by atomic mass is 10.5. The third kappa shape index (κ3) is 8.64. The first kappa shape index (κ1) is 10.6. The highest BCUT2D eigenvalue weighted by Gasteiger charge is 1.91. The highest BCUT2D eigenvalue weighted by atomic mass is 16.5. The number of carbonyl (C=O) groups is 1. The fourth-order valence-corrected chi connectivity index (χ4v) is 0.405. The molecular weight excluding hydrogens is 160 g/mol. The third-order valence-electron chi connectivity index (χ3n) is 0.926. The van der Waals surface area contributed by atoms with Gasteiger partial charge in [-0.3, -0.25) is 4.79 Å². The van der Waals surface area contributed by atoms with Gasteiger partial charge in [0, 0.05) is 19.5 Å². The van der Waals surface area contributed by atoms with E-state index in [-0.39, 0.29) is 6.42 Å². The number of carboxylic acid groups (broad SMARTS) is 1. The number of aliphatic carboxylic acids is 1. The molecule has 1 aromatic heterocycles. The molecule has 0 aromatic carbocycles. The number of H-pyrrole nitrogens is 1. The van der Waals surface area contributed by atoms with Gasteiger partial charge in [-0.25, -0.2) is 4.98 Å². The molecule has 0 aliphatic rings. The van der Waals surface area contributed by atoms with Gasteiger partial charge in [0.25, 0.3) is 0 Å². The van der Waals surface area contributed by atoms with Crippen LogP contribution in [0.5, 0.6) is 0 Å². The standard InChI is InChI=1S/C4H8O3.C3H4N2/c1-7-3-2-4(5)6;1-2-5-3-4-1/h2-3H2,1H3,(H,5,6);1-3H,(H,4,5). The number of aromatic nitrogens is 2. The topological polar surface area (TPSA) is 75.2 Å². The van der Waals surface area contributed by atoms with Crippen LogP contribution in [0.4, 0.5) is 0 Å². The van der Waals surface area contributed by atoms with Gasteiger partial charge < -0.3 is 14.8 Å². The van der Waals surface area contributed by atoms with Gasteiger partial charge >= 0.3 is 5.97 Å². The molecule has 2 N–H and O–H groups in total. The van der Waals surface area contributed by atoms with Crippen LogP contribution in [0.2, 0.25) is 0 Å². The first-order valence-corrected chi connectivity index (χ1v) is 3.41. The Kier molecular flexibility index (Phi) is 6.87. The zero-order chi connectivity index (χ0) is 9.23. The maximum Gasteiger partial charge on any atom is 0.305 e. The second kappa shape index (κ2) is 7.74. The number of carboxylic acids is 1. The maximum absolute atomic E-state index is 9.68. The molecular formula is C7H12N2O3. The van der Waals surface area contributed by atoms with E-state index >= 15 is 0 Å². The second-order valence-corrected chi connectivity index (χ2v) is 1.90. The molecule has 0 unspecified atom stereocenters. The number of rotatable bonds is 3. The SMILES string of the molecule is COCCC(=O)O.c1c[nH]cn1. The van der Waals surface area contributed by atoms with Crippen molar-refractivity contribution in [3.8, 4) is 0 Å². The lowest BCUT2D eigenvalue weighted by molar-refractivity contribution is -0.137. The summed E-state index contributed by atoms with van der Waals surface area (Å²) in [5.74, 6) is -0.818. The van der Waals surface area contributed by atoms with Crippen molar-refractivity contribution in [3.05, 3.63) is 18.7 Å². The first-order valence-electron chi connectivity index (χ1n) is 3.41. The van der Waals surface area contributed by atoms with Crippen molar-refractivity contribution in [2.75, 3.05) is 13.7 Å². The van der Waals surface area contributed by atoms with Crippen LogP contribution in [0.15, 0.2) is 18.7 Å². The van der Waals surface area contributed by atoms with Crippen LogP contribution in [0.3, 0.4) is 0 Å². The fraction of sp³-hybridized carbons (Fsp3) is 0.429. The van der Waals surface area contributed by atoms with Gasteiger partial charge in [-0.05, 0) is 0 Å². The van der Waals surface area contributed by atoms with E-state index < -0.39 is 5.97 Å². The molecule has 0 spiro atoms. The van der Waals surface area contributed by atoms with Crippen LogP contribution in [-0.2, 0) is 9.53 Å². The van der Waals surface area contributed by atoms with Crippen molar-refractivity contribution < 1.29 is 14.6 Å². The summed E-state index contributed by atoms with van der Waals surface area (Å²) in [7, 11) is 1.48. The van der Waals surface area contributed by atoms with E-state index in [4.69, 9.17) is 5.11 Å². The highest BCUT2D eigenvalue weighted by molar-refractivity contribution is 5.66. The summed E-state index contributed by atoms with van der Waals surface area (Å²) in [4.78, 5) is 16.1. The van der Waals surface area contributed by atoms with E-state index in [9.17, 15) is 4.79 Å². The average Bonchev–Trinajstić information content (AvgIpc) is 2.57. The molecule has 1 heterocycles.